The van der Waals surface area contributed by atoms with Crippen molar-refractivity contribution in [1.82, 2.24) is 9.80 Å². The summed E-state index contributed by atoms with van der Waals surface area (Å²) in [6.45, 7) is 10.1. The van der Waals surface area contributed by atoms with Gasteiger partial charge in [0.1, 0.15) is 0 Å². The smallest absolute Gasteiger partial charge is 0.219 e. The molecule has 0 N–H and O–H groups in total. The first kappa shape index (κ1) is 10.5. The molecule has 1 rings (SSSR count). The molecule has 1 aliphatic rings. The van der Waals surface area contributed by atoms with Gasteiger partial charge >= 0.3 is 0 Å². The second-order valence-electron chi connectivity index (χ2n) is 3.78. The van der Waals surface area contributed by atoms with Gasteiger partial charge in [0.2, 0.25) is 5.91 Å². The van der Waals surface area contributed by atoms with E-state index in [1.807, 2.05) is 4.90 Å². The highest BCUT2D eigenvalue weighted by Gasteiger charge is 2.21. The fourth-order valence-electron chi connectivity index (χ4n) is 1.89. The van der Waals surface area contributed by atoms with Gasteiger partial charge in [0, 0.05) is 32.6 Å². The quantitative estimate of drug-likeness (QED) is 0.606. The first-order valence-corrected chi connectivity index (χ1v) is 5.14. The summed E-state index contributed by atoms with van der Waals surface area (Å²) in [5, 5.41) is 0. The Balaban J connectivity index is 2.54. The van der Waals surface area contributed by atoms with Crippen LogP contribution in [0.5, 0.6) is 0 Å². The van der Waals surface area contributed by atoms with E-state index in [0.717, 1.165) is 32.6 Å². The predicted octanol–water partition coefficient (Wildman–Crippen LogP) is 0.949. The van der Waals surface area contributed by atoms with Gasteiger partial charge in [0.15, 0.2) is 0 Å². The van der Waals surface area contributed by atoms with Crippen LogP contribution in [0.15, 0.2) is 0 Å². The molecule has 76 valence electrons. The molecule has 3 heteroatoms. The average Bonchev–Trinajstić information content (AvgIpc) is 2.27. The molecule has 0 saturated carbocycles. The molecule has 0 spiro atoms. The Labute approximate surface area is 80.7 Å². The maximum absolute atomic E-state index is 11.3. The number of hydrogen-bond donors (Lipinski definition) is 0. The minimum Gasteiger partial charge on any atom is -0.339 e. The second kappa shape index (κ2) is 4.61. The van der Waals surface area contributed by atoms with Crippen LogP contribution in [0.2, 0.25) is 0 Å². The summed E-state index contributed by atoms with van der Waals surface area (Å²) in [5.74, 6) is 0.213. The van der Waals surface area contributed by atoms with Crippen LogP contribution in [-0.2, 0) is 4.79 Å². The highest BCUT2D eigenvalue weighted by Crippen LogP contribution is 2.10. The van der Waals surface area contributed by atoms with Gasteiger partial charge in [-0.05, 0) is 19.9 Å². The van der Waals surface area contributed by atoms with Crippen molar-refractivity contribution in [3.8, 4) is 0 Å². The minimum atomic E-state index is 0.213. The van der Waals surface area contributed by atoms with Crippen LogP contribution in [0.25, 0.3) is 0 Å². The third kappa shape index (κ3) is 2.69. The van der Waals surface area contributed by atoms with Crippen molar-refractivity contribution in [3.63, 3.8) is 0 Å². The Morgan fingerprint density at radius 1 is 1.38 bits per heavy atom. The van der Waals surface area contributed by atoms with E-state index < -0.39 is 0 Å². The summed E-state index contributed by atoms with van der Waals surface area (Å²) in [7, 11) is 0. The zero-order valence-corrected chi connectivity index (χ0v) is 8.92. The maximum atomic E-state index is 11.3. The van der Waals surface area contributed by atoms with Crippen molar-refractivity contribution in [3.05, 3.63) is 0 Å². The third-order valence-corrected chi connectivity index (χ3v) is 2.90. The Morgan fingerprint density at radius 2 is 2.08 bits per heavy atom. The van der Waals surface area contributed by atoms with Crippen LogP contribution in [0.1, 0.15) is 27.2 Å². The summed E-state index contributed by atoms with van der Waals surface area (Å²) in [6, 6.07) is 0.411. The summed E-state index contributed by atoms with van der Waals surface area (Å²) >= 11 is 0. The molecule has 0 radical (unpaired) electrons. The van der Waals surface area contributed by atoms with Crippen molar-refractivity contribution in [2.45, 2.75) is 33.2 Å². The molecule has 1 unspecified atom stereocenters. The van der Waals surface area contributed by atoms with Gasteiger partial charge < -0.3 is 9.80 Å². The van der Waals surface area contributed by atoms with Crippen LogP contribution >= 0.6 is 0 Å². The van der Waals surface area contributed by atoms with Crippen molar-refractivity contribution in [2.75, 3.05) is 26.2 Å². The lowest BCUT2D eigenvalue weighted by Gasteiger charge is -2.25. The number of amides is 1. The normalized spacial score (nSPS) is 25.8. The average molecular weight is 184 g/mol. The van der Waals surface area contributed by atoms with E-state index in [1.165, 1.54) is 0 Å². The molecular weight excluding hydrogens is 164 g/mol. The fraction of sp³-hybridized carbons (Fsp3) is 0.900. The van der Waals surface area contributed by atoms with Gasteiger partial charge in [-0.25, -0.2) is 0 Å². The molecule has 0 aliphatic carbocycles. The lowest BCUT2D eigenvalue weighted by atomic mass is 10.2. The fourth-order valence-corrected chi connectivity index (χ4v) is 1.89. The van der Waals surface area contributed by atoms with E-state index in [1.54, 1.807) is 6.92 Å². The predicted molar refractivity (Wildman–Crippen MR) is 53.6 cm³/mol. The van der Waals surface area contributed by atoms with E-state index in [9.17, 15) is 4.79 Å². The molecule has 1 saturated heterocycles. The van der Waals surface area contributed by atoms with Gasteiger partial charge in [-0.15, -0.1) is 0 Å². The zero-order valence-electron chi connectivity index (χ0n) is 8.92. The summed E-state index contributed by atoms with van der Waals surface area (Å²) in [4.78, 5) is 15.6. The van der Waals surface area contributed by atoms with Crippen LogP contribution in [-0.4, -0.2) is 47.9 Å². The van der Waals surface area contributed by atoms with Gasteiger partial charge in [0.05, 0.1) is 0 Å². The van der Waals surface area contributed by atoms with E-state index in [4.69, 9.17) is 0 Å². The minimum absolute atomic E-state index is 0.213. The van der Waals surface area contributed by atoms with Gasteiger partial charge in [0.25, 0.3) is 0 Å². The van der Waals surface area contributed by atoms with Crippen LogP contribution < -0.4 is 0 Å². The summed E-state index contributed by atoms with van der Waals surface area (Å²) < 4.78 is 0. The highest BCUT2D eigenvalue weighted by atomic mass is 16.2. The van der Waals surface area contributed by atoms with Gasteiger partial charge in [-0.3, -0.25) is 4.79 Å². The second-order valence-corrected chi connectivity index (χ2v) is 3.78. The van der Waals surface area contributed by atoms with E-state index in [-0.39, 0.29) is 5.91 Å². The van der Waals surface area contributed by atoms with Gasteiger partial charge in [-0.1, -0.05) is 6.92 Å². The molecule has 1 heterocycles. The molecule has 1 amide bonds. The number of rotatable bonds is 1. The number of likely N-dealkylation sites (N-methyl/N-ethyl adjacent to an activating group) is 1. The number of carbonyl (C=O) groups excluding carboxylic acids is 1. The first-order valence-electron chi connectivity index (χ1n) is 5.14. The molecule has 1 fully saturated rings. The third-order valence-electron chi connectivity index (χ3n) is 2.90. The SMILES string of the molecule is CCN1CCC(C)N(C(C)=O)CC1. The number of hydrogen-bond acceptors (Lipinski definition) is 2. The van der Waals surface area contributed by atoms with E-state index in [2.05, 4.69) is 18.7 Å². The number of nitrogens with zero attached hydrogens (tertiary/aromatic N) is 2. The number of carbonyl (C=O) groups is 1. The van der Waals surface area contributed by atoms with Crippen molar-refractivity contribution in [1.29, 1.82) is 0 Å². The molecule has 0 bridgehead atoms. The van der Waals surface area contributed by atoms with Crippen molar-refractivity contribution < 1.29 is 4.79 Å². The molecule has 0 aromatic carbocycles. The largest absolute Gasteiger partial charge is 0.339 e. The molecular formula is C10H20N2O. The van der Waals surface area contributed by atoms with Gasteiger partial charge in [-0.2, -0.15) is 0 Å². The topological polar surface area (TPSA) is 23.6 Å². The van der Waals surface area contributed by atoms with E-state index in [0.29, 0.717) is 6.04 Å². The molecule has 1 aliphatic heterocycles. The monoisotopic (exact) mass is 184 g/mol. The Morgan fingerprint density at radius 3 is 2.62 bits per heavy atom. The molecule has 0 aromatic heterocycles. The van der Waals surface area contributed by atoms with Crippen LogP contribution in [0.3, 0.4) is 0 Å². The Hall–Kier alpha value is -0.570. The molecule has 13 heavy (non-hydrogen) atoms. The van der Waals surface area contributed by atoms with Crippen LogP contribution in [0, 0.1) is 0 Å². The van der Waals surface area contributed by atoms with Crippen LogP contribution in [0.4, 0.5) is 0 Å². The zero-order chi connectivity index (χ0) is 9.84. The lowest BCUT2D eigenvalue weighted by molar-refractivity contribution is -0.130. The molecule has 1 atom stereocenters. The summed E-state index contributed by atoms with van der Waals surface area (Å²) in [5.41, 5.74) is 0. The Bertz CT molecular complexity index is 182. The Kier molecular flexibility index (Phi) is 3.72. The highest BCUT2D eigenvalue weighted by molar-refractivity contribution is 5.73. The standard InChI is InChI=1S/C10H20N2O/c1-4-11-6-5-9(2)12(8-7-11)10(3)13/h9H,4-8H2,1-3H3. The van der Waals surface area contributed by atoms with Crippen molar-refractivity contribution >= 4 is 5.91 Å². The maximum Gasteiger partial charge on any atom is 0.219 e. The van der Waals surface area contributed by atoms with E-state index >= 15 is 0 Å². The van der Waals surface area contributed by atoms with Crippen molar-refractivity contribution in [2.24, 2.45) is 0 Å². The summed E-state index contributed by atoms with van der Waals surface area (Å²) in [6.07, 6.45) is 1.10. The molecule has 3 nitrogen and oxygen atoms in total. The lowest BCUT2D eigenvalue weighted by Crippen LogP contribution is -2.38. The first-order chi connectivity index (χ1) is 6.15. The molecule has 0 aromatic rings.